The number of hydrogen-bond donors (Lipinski definition) is 1. The van der Waals surface area contributed by atoms with Gasteiger partial charge < -0.3 is 0 Å². The second kappa shape index (κ2) is 16.8. The van der Waals surface area contributed by atoms with Gasteiger partial charge in [-0.2, -0.15) is 8.42 Å². The summed E-state index contributed by atoms with van der Waals surface area (Å²) in [5, 5.41) is 0. The van der Waals surface area contributed by atoms with Gasteiger partial charge in [0, 0.05) is 0 Å². The van der Waals surface area contributed by atoms with E-state index in [9.17, 15) is 13.0 Å². The van der Waals surface area contributed by atoms with E-state index in [0.717, 1.165) is 31.2 Å². The van der Waals surface area contributed by atoms with E-state index in [1.54, 1.807) is 6.07 Å². The molecule has 0 saturated carbocycles. The topological polar surface area (TPSA) is 54.4 Å². The largest absolute Gasteiger partial charge is 0.294 e. The molecule has 1 unspecified atom stereocenters. The molecular formula is C26H46O3S. The zero-order valence-electron chi connectivity index (χ0n) is 19.6. The summed E-state index contributed by atoms with van der Waals surface area (Å²) >= 11 is 0. The minimum Gasteiger partial charge on any atom is -0.282 e. The highest BCUT2D eigenvalue weighted by molar-refractivity contribution is 7.85. The van der Waals surface area contributed by atoms with Crippen LogP contribution in [-0.4, -0.2) is 13.0 Å². The smallest absolute Gasteiger partial charge is 0.282 e. The van der Waals surface area contributed by atoms with Crippen molar-refractivity contribution in [3.63, 3.8) is 0 Å². The van der Waals surface area contributed by atoms with Crippen molar-refractivity contribution in [2.45, 2.75) is 134 Å². The molecule has 0 saturated heterocycles. The molecule has 3 nitrogen and oxygen atoms in total. The summed E-state index contributed by atoms with van der Waals surface area (Å²) in [5.41, 5.74) is 0.788. The van der Waals surface area contributed by atoms with Gasteiger partial charge in [0.15, 0.2) is 0 Å². The average Bonchev–Trinajstić information content (AvgIpc) is 2.72. The highest BCUT2D eigenvalue weighted by Gasteiger charge is 2.20. The molecule has 0 radical (unpaired) electrons. The molecule has 0 spiro atoms. The van der Waals surface area contributed by atoms with Crippen LogP contribution in [0.2, 0.25) is 0 Å². The Labute approximate surface area is 186 Å². The maximum absolute atomic E-state index is 11.7. The van der Waals surface area contributed by atoms with Gasteiger partial charge in [0.05, 0.1) is 4.90 Å². The fraction of sp³-hybridized carbons (Fsp3) is 0.769. The lowest BCUT2D eigenvalue weighted by atomic mass is 9.89. The molecule has 1 rings (SSSR count). The van der Waals surface area contributed by atoms with Gasteiger partial charge in [-0.3, -0.25) is 4.55 Å². The van der Waals surface area contributed by atoms with Crippen LogP contribution in [-0.2, 0) is 10.1 Å². The molecule has 1 aromatic rings. The first-order valence-electron chi connectivity index (χ1n) is 12.6. The molecule has 0 heterocycles. The highest BCUT2D eigenvalue weighted by Crippen LogP contribution is 2.32. The SMILES string of the molecule is CCCCCCCCCCCCCCCCC(CCC)c1ccccc1S(=O)(=O)O. The Kier molecular flexibility index (Phi) is 15.2. The molecule has 0 fully saturated rings. The quantitative estimate of drug-likeness (QED) is 0.173. The summed E-state index contributed by atoms with van der Waals surface area (Å²) < 4.78 is 33.0. The second-order valence-electron chi connectivity index (χ2n) is 8.88. The summed E-state index contributed by atoms with van der Waals surface area (Å²) in [6, 6.07) is 6.95. The third-order valence-corrected chi connectivity index (χ3v) is 7.11. The lowest BCUT2D eigenvalue weighted by molar-refractivity contribution is 0.473. The van der Waals surface area contributed by atoms with Gasteiger partial charge in [0.25, 0.3) is 10.1 Å². The predicted molar refractivity (Wildman–Crippen MR) is 129 cm³/mol. The Bertz CT molecular complexity index is 639. The number of unbranched alkanes of at least 4 members (excludes halogenated alkanes) is 13. The monoisotopic (exact) mass is 438 g/mol. The van der Waals surface area contributed by atoms with Crippen molar-refractivity contribution in [3.8, 4) is 0 Å². The standard InChI is InChI=1S/C26H46O3S/c1-3-5-6-7-8-9-10-11-12-13-14-15-16-17-21-24(20-4-2)25-22-18-19-23-26(25)30(27,28)29/h18-19,22-24H,3-17,20-21H2,1-2H3,(H,27,28,29). The van der Waals surface area contributed by atoms with E-state index in [4.69, 9.17) is 0 Å². The third-order valence-electron chi connectivity index (χ3n) is 6.18. The van der Waals surface area contributed by atoms with E-state index in [-0.39, 0.29) is 10.8 Å². The number of rotatable bonds is 19. The van der Waals surface area contributed by atoms with Crippen LogP contribution in [0.3, 0.4) is 0 Å². The lowest BCUT2D eigenvalue weighted by Gasteiger charge is -2.19. The van der Waals surface area contributed by atoms with Crippen LogP contribution < -0.4 is 0 Å². The summed E-state index contributed by atoms with van der Waals surface area (Å²) in [6.45, 7) is 4.40. The van der Waals surface area contributed by atoms with Crippen LogP contribution >= 0.6 is 0 Å². The van der Waals surface area contributed by atoms with Crippen LogP contribution in [0.4, 0.5) is 0 Å². The van der Waals surface area contributed by atoms with Crippen LogP contribution in [0.5, 0.6) is 0 Å². The minimum atomic E-state index is -4.16. The van der Waals surface area contributed by atoms with Gasteiger partial charge in [-0.15, -0.1) is 0 Å². The maximum Gasteiger partial charge on any atom is 0.294 e. The molecule has 4 heteroatoms. The molecule has 0 aliphatic heterocycles. The Morgan fingerprint density at radius 2 is 1.13 bits per heavy atom. The fourth-order valence-corrected chi connectivity index (χ4v) is 5.22. The van der Waals surface area contributed by atoms with Crippen molar-refractivity contribution in [2.24, 2.45) is 0 Å². The summed E-state index contributed by atoms with van der Waals surface area (Å²) in [4.78, 5) is 0.0915. The number of benzene rings is 1. The Hall–Kier alpha value is -0.870. The first-order valence-corrected chi connectivity index (χ1v) is 14.0. The van der Waals surface area contributed by atoms with Crippen molar-refractivity contribution in [1.29, 1.82) is 0 Å². The Balaban J connectivity index is 2.17. The van der Waals surface area contributed by atoms with Crippen molar-refractivity contribution < 1.29 is 13.0 Å². The van der Waals surface area contributed by atoms with Crippen LogP contribution in [0.1, 0.15) is 134 Å². The van der Waals surface area contributed by atoms with Crippen LogP contribution in [0.15, 0.2) is 29.2 Å². The van der Waals surface area contributed by atoms with Gasteiger partial charge in [0.2, 0.25) is 0 Å². The second-order valence-corrected chi connectivity index (χ2v) is 10.3. The Morgan fingerprint density at radius 1 is 0.667 bits per heavy atom. The molecule has 174 valence electrons. The van der Waals surface area contributed by atoms with Crippen molar-refractivity contribution in [1.82, 2.24) is 0 Å². The molecule has 0 bridgehead atoms. The maximum atomic E-state index is 11.7. The van der Waals surface area contributed by atoms with E-state index in [1.807, 2.05) is 12.1 Å². The molecule has 1 atom stereocenters. The summed E-state index contributed by atoms with van der Waals surface area (Å²) in [7, 11) is -4.16. The molecular weight excluding hydrogens is 392 g/mol. The summed E-state index contributed by atoms with van der Waals surface area (Å²) in [6.07, 6.45) is 21.8. The molecule has 1 aromatic carbocycles. The molecule has 0 amide bonds. The van der Waals surface area contributed by atoms with Gasteiger partial charge in [-0.25, -0.2) is 0 Å². The average molecular weight is 439 g/mol. The Morgan fingerprint density at radius 3 is 1.60 bits per heavy atom. The first-order chi connectivity index (χ1) is 14.5. The number of hydrogen-bond acceptors (Lipinski definition) is 2. The van der Waals surface area contributed by atoms with Gasteiger partial charge in [-0.05, 0) is 30.4 Å². The van der Waals surface area contributed by atoms with E-state index in [0.29, 0.717) is 0 Å². The zero-order valence-corrected chi connectivity index (χ0v) is 20.4. The van der Waals surface area contributed by atoms with E-state index < -0.39 is 10.1 Å². The van der Waals surface area contributed by atoms with Crippen LogP contribution in [0, 0.1) is 0 Å². The van der Waals surface area contributed by atoms with E-state index >= 15 is 0 Å². The van der Waals surface area contributed by atoms with Crippen molar-refractivity contribution >= 4 is 10.1 Å². The zero-order chi connectivity index (χ0) is 22.1. The minimum absolute atomic E-state index is 0.0915. The highest BCUT2D eigenvalue weighted by atomic mass is 32.2. The van der Waals surface area contributed by atoms with Gasteiger partial charge in [-0.1, -0.05) is 128 Å². The molecule has 0 aliphatic carbocycles. The first kappa shape index (κ1) is 27.2. The molecule has 0 aliphatic rings. The van der Waals surface area contributed by atoms with Crippen LogP contribution in [0.25, 0.3) is 0 Å². The fourth-order valence-electron chi connectivity index (χ4n) is 4.44. The van der Waals surface area contributed by atoms with Gasteiger partial charge in [0.1, 0.15) is 0 Å². The van der Waals surface area contributed by atoms with E-state index in [2.05, 4.69) is 13.8 Å². The lowest BCUT2D eigenvalue weighted by Crippen LogP contribution is -2.08. The third kappa shape index (κ3) is 12.1. The normalized spacial score (nSPS) is 12.9. The van der Waals surface area contributed by atoms with E-state index in [1.165, 1.54) is 89.5 Å². The predicted octanol–water partition coefficient (Wildman–Crippen LogP) is 8.69. The molecule has 30 heavy (non-hydrogen) atoms. The molecule has 1 N–H and O–H groups in total. The van der Waals surface area contributed by atoms with Gasteiger partial charge >= 0.3 is 0 Å². The van der Waals surface area contributed by atoms with Crippen molar-refractivity contribution in [2.75, 3.05) is 0 Å². The van der Waals surface area contributed by atoms with Crippen molar-refractivity contribution in [3.05, 3.63) is 29.8 Å². The summed E-state index contributed by atoms with van der Waals surface area (Å²) in [5.74, 6) is 0.213. The molecule has 0 aromatic heterocycles.